The summed E-state index contributed by atoms with van der Waals surface area (Å²) in [7, 11) is 0. The molecule has 0 aliphatic heterocycles. The van der Waals surface area contributed by atoms with Crippen molar-refractivity contribution >= 4 is 0 Å². The van der Waals surface area contributed by atoms with Gasteiger partial charge in [-0.15, -0.1) is 0 Å². The summed E-state index contributed by atoms with van der Waals surface area (Å²) in [5.74, 6) is 1.89. The topological polar surface area (TPSA) is 12.0 Å². The lowest BCUT2D eigenvalue weighted by Crippen LogP contribution is -2.34. The van der Waals surface area contributed by atoms with Crippen molar-refractivity contribution in [3.63, 3.8) is 0 Å². The summed E-state index contributed by atoms with van der Waals surface area (Å²) in [6.07, 6.45) is 11.2. The summed E-state index contributed by atoms with van der Waals surface area (Å²) in [4.78, 5) is 0. The fourth-order valence-corrected chi connectivity index (χ4v) is 3.40. The smallest absolute Gasteiger partial charge is 0.00388 e. The van der Waals surface area contributed by atoms with E-state index >= 15 is 0 Å². The Kier molecular flexibility index (Phi) is 7.42. The lowest BCUT2D eigenvalue weighted by Gasteiger charge is -2.37. The fraction of sp³-hybridized carbons (Fsp3) is 1.00. The normalized spacial score (nSPS) is 26.4. The average molecular weight is 268 g/mol. The van der Waals surface area contributed by atoms with Gasteiger partial charge in [0.1, 0.15) is 0 Å². The number of hydrogen-bond acceptors (Lipinski definition) is 1. The van der Waals surface area contributed by atoms with Gasteiger partial charge in [0.2, 0.25) is 0 Å². The summed E-state index contributed by atoms with van der Waals surface area (Å²) in [6.45, 7) is 13.1. The number of nitrogens with one attached hydrogen (secondary N) is 1. The maximum absolute atomic E-state index is 3.76. The zero-order chi connectivity index (χ0) is 14.3. The van der Waals surface area contributed by atoms with E-state index in [-0.39, 0.29) is 0 Å². The van der Waals surface area contributed by atoms with Crippen LogP contribution >= 0.6 is 0 Å². The van der Waals surface area contributed by atoms with E-state index in [1.807, 2.05) is 0 Å². The van der Waals surface area contributed by atoms with Crippen LogP contribution in [-0.2, 0) is 0 Å². The molecule has 0 spiro atoms. The standard InChI is InChI=1S/C18H37N/c1-6-7-8-9-15(2)19-14-16-10-12-17(13-11-16)18(3,4)5/h15-17,19H,6-14H2,1-5H3. The van der Waals surface area contributed by atoms with Crippen LogP contribution in [0.3, 0.4) is 0 Å². The molecule has 0 heterocycles. The highest BCUT2D eigenvalue weighted by Gasteiger charge is 2.29. The quantitative estimate of drug-likeness (QED) is 0.609. The van der Waals surface area contributed by atoms with Gasteiger partial charge in [0.25, 0.3) is 0 Å². The van der Waals surface area contributed by atoms with Crippen molar-refractivity contribution in [3.05, 3.63) is 0 Å². The van der Waals surface area contributed by atoms with E-state index < -0.39 is 0 Å². The Bertz CT molecular complexity index is 220. The van der Waals surface area contributed by atoms with Gasteiger partial charge in [0.15, 0.2) is 0 Å². The minimum absolute atomic E-state index is 0.520. The van der Waals surface area contributed by atoms with Gasteiger partial charge in [-0.2, -0.15) is 0 Å². The molecule has 1 fully saturated rings. The Balaban J connectivity index is 2.12. The molecule has 19 heavy (non-hydrogen) atoms. The van der Waals surface area contributed by atoms with Crippen LogP contribution in [0.25, 0.3) is 0 Å². The van der Waals surface area contributed by atoms with Gasteiger partial charge >= 0.3 is 0 Å². The summed E-state index contributed by atoms with van der Waals surface area (Å²) < 4.78 is 0. The molecule has 0 aromatic rings. The molecule has 114 valence electrons. The molecule has 1 unspecified atom stereocenters. The van der Waals surface area contributed by atoms with Crippen LogP contribution < -0.4 is 5.32 Å². The monoisotopic (exact) mass is 267 g/mol. The molecule has 1 aliphatic rings. The van der Waals surface area contributed by atoms with Crippen molar-refractivity contribution in [2.75, 3.05) is 6.54 Å². The van der Waals surface area contributed by atoms with Gasteiger partial charge in [-0.3, -0.25) is 0 Å². The van der Waals surface area contributed by atoms with Gasteiger partial charge in [-0.25, -0.2) is 0 Å². The molecular formula is C18H37N. The Labute approximate surface area is 121 Å². The predicted octanol–water partition coefficient (Wildman–Crippen LogP) is 5.40. The molecule has 0 aromatic carbocycles. The summed E-state index contributed by atoms with van der Waals surface area (Å²) >= 11 is 0. The Hall–Kier alpha value is -0.0400. The lowest BCUT2D eigenvalue weighted by atomic mass is 9.70. The molecule has 1 nitrogen and oxygen atoms in total. The van der Waals surface area contributed by atoms with Crippen LogP contribution in [0.4, 0.5) is 0 Å². The Morgan fingerprint density at radius 2 is 1.68 bits per heavy atom. The van der Waals surface area contributed by atoms with Crippen LogP contribution in [0.2, 0.25) is 0 Å². The molecule has 1 saturated carbocycles. The highest BCUT2D eigenvalue weighted by molar-refractivity contribution is 4.81. The Morgan fingerprint density at radius 1 is 1.05 bits per heavy atom. The van der Waals surface area contributed by atoms with Crippen molar-refractivity contribution in [2.24, 2.45) is 17.3 Å². The van der Waals surface area contributed by atoms with Crippen molar-refractivity contribution in [1.29, 1.82) is 0 Å². The lowest BCUT2D eigenvalue weighted by molar-refractivity contribution is 0.147. The SMILES string of the molecule is CCCCCC(C)NCC1CCC(C(C)(C)C)CC1. The first-order chi connectivity index (χ1) is 8.93. The molecule has 1 rings (SSSR count). The molecule has 1 heteroatoms. The van der Waals surface area contributed by atoms with E-state index in [1.165, 1.54) is 57.9 Å². The third-order valence-corrected chi connectivity index (χ3v) is 5.07. The van der Waals surface area contributed by atoms with E-state index in [0.29, 0.717) is 11.5 Å². The molecular weight excluding hydrogens is 230 g/mol. The maximum atomic E-state index is 3.76. The number of hydrogen-bond donors (Lipinski definition) is 1. The van der Waals surface area contributed by atoms with Crippen LogP contribution in [-0.4, -0.2) is 12.6 Å². The molecule has 1 aliphatic carbocycles. The van der Waals surface area contributed by atoms with Gasteiger partial charge in [0, 0.05) is 6.04 Å². The molecule has 0 amide bonds. The van der Waals surface area contributed by atoms with Crippen molar-refractivity contribution in [1.82, 2.24) is 5.32 Å². The van der Waals surface area contributed by atoms with Crippen molar-refractivity contribution in [3.8, 4) is 0 Å². The summed E-state index contributed by atoms with van der Waals surface area (Å²) in [5.41, 5.74) is 0.520. The highest BCUT2D eigenvalue weighted by Crippen LogP contribution is 2.39. The molecule has 1 atom stereocenters. The second kappa shape index (κ2) is 8.29. The summed E-state index contributed by atoms with van der Waals surface area (Å²) in [6, 6.07) is 0.715. The zero-order valence-corrected chi connectivity index (χ0v) is 14.1. The maximum Gasteiger partial charge on any atom is 0.00388 e. The molecule has 0 bridgehead atoms. The van der Waals surface area contributed by atoms with Gasteiger partial charge in [0.05, 0.1) is 0 Å². The van der Waals surface area contributed by atoms with Crippen LogP contribution in [0, 0.1) is 17.3 Å². The third-order valence-electron chi connectivity index (χ3n) is 5.07. The minimum atomic E-state index is 0.520. The third kappa shape index (κ3) is 6.79. The van der Waals surface area contributed by atoms with E-state index in [4.69, 9.17) is 0 Å². The van der Waals surface area contributed by atoms with Crippen LogP contribution in [0.1, 0.15) is 86.0 Å². The Morgan fingerprint density at radius 3 is 2.21 bits per heavy atom. The molecule has 1 N–H and O–H groups in total. The number of unbranched alkanes of at least 4 members (excludes halogenated alkanes) is 2. The zero-order valence-electron chi connectivity index (χ0n) is 14.1. The minimum Gasteiger partial charge on any atom is -0.314 e. The highest BCUT2D eigenvalue weighted by atomic mass is 14.9. The van der Waals surface area contributed by atoms with Crippen molar-refractivity contribution in [2.45, 2.75) is 92.0 Å². The fourth-order valence-electron chi connectivity index (χ4n) is 3.40. The first kappa shape index (κ1) is 17.0. The molecule has 0 saturated heterocycles. The summed E-state index contributed by atoms with van der Waals surface area (Å²) in [5, 5.41) is 3.76. The first-order valence-corrected chi connectivity index (χ1v) is 8.66. The molecule has 0 aromatic heterocycles. The molecule has 0 radical (unpaired) electrons. The predicted molar refractivity (Wildman–Crippen MR) is 86.5 cm³/mol. The van der Waals surface area contributed by atoms with E-state index in [1.54, 1.807) is 0 Å². The van der Waals surface area contributed by atoms with E-state index in [2.05, 4.69) is 39.9 Å². The van der Waals surface area contributed by atoms with Gasteiger partial charge in [-0.05, 0) is 62.8 Å². The second-order valence-corrected chi connectivity index (χ2v) is 7.89. The van der Waals surface area contributed by atoms with E-state index in [9.17, 15) is 0 Å². The van der Waals surface area contributed by atoms with E-state index in [0.717, 1.165) is 11.8 Å². The largest absolute Gasteiger partial charge is 0.314 e. The number of rotatable bonds is 7. The van der Waals surface area contributed by atoms with Crippen LogP contribution in [0.15, 0.2) is 0 Å². The van der Waals surface area contributed by atoms with Gasteiger partial charge in [-0.1, -0.05) is 47.0 Å². The first-order valence-electron chi connectivity index (χ1n) is 8.66. The van der Waals surface area contributed by atoms with Crippen LogP contribution in [0.5, 0.6) is 0 Å². The van der Waals surface area contributed by atoms with Gasteiger partial charge < -0.3 is 5.32 Å². The second-order valence-electron chi connectivity index (χ2n) is 7.89. The average Bonchev–Trinajstić information content (AvgIpc) is 2.36. The van der Waals surface area contributed by atoms with Crippen molar-refractivity contribution < 1.29 is 0 Å².